The minimum Gasteiger partial charge on any atom is -0.480 e. The number of hydrogen-bond donors (Lipinski definition) is 3. The highest BCUT2D eigenvalue weighted by Crippen LogP contribution is 2.44. The van der Waals surface area contributed by atoms with E-state index < -0.39 is 30.0 Å². The van der Waals surface area contributed by atoms with Crippen molar-refractivity contribution in [1.29, 1.82) is 0 Å². The fraction of sp³-hybridized carbons (Fsp3) is 0.481. The molecule has 1 amide bonds. The third kappa shape index (κ3) is 7.05. The Morgan fingerprint density at radius 2 is 1.50 bits per heavy atom. The summed E-state index contributed by atoms with van der Waals surface area (Å²) < 4.78 is 10.9. The van der Waals surface area contributed by atoms with Crippen molar-refractivity contribution in [3.05, 3.63) is 59.7 Å². The second-order valence-corrected chi connectivity index (χ2v) is 9.68. The van der Waals surface area contributed by atoms with Gasteiger partial charge in [0.2, 0.25) is 0 Å². The van der Waals surface area contributed by atoms with Gasteiger partial charge in [-0.05, 0) is 62.3 Å². The number of unbranched alkanes of at least 4 members (excludes halogenated alkanes) is 2. The largest absolute Gasteiger partial charge is 0.480 e. The second kappa shape index (κ2) is 11.5. The van der Waals surface area contributed by atoms with Crippen LogP contribution >= 0.6 is 0 Å². The molecule has 2 aromatic carbocycles. The summed E-state index contributed by atoms with van der Waals surface area (Å²) in [6, 6.07) is 15.1. The third-order valence-electron chi connectivity index (χ3n) is 5.87. The number of alkyl carbamates (subject to hydrolysis) is 1. The molecule has 0 bridgehead atoms. The van der Waals surface area contributed by atoms with E-state index in [1.54, 1.807) is 0 Å². The molecule has 0 unspecified atom stereocenters. The van der Waals surface area contributed by atoms with Gasteiger partial charge >= 0.3 is 12.1 Å². The number of benzene rings is 2. The minimum absolute atomic E-state index is 0.0804. The summed E-state index contributed by atoms with van der Waals surface area (Å²) in [6.45, 7) is 5.77. The first-order valence-corrected chi connectivity index (χ1v) is 11.9. The van der Waals surface area contributed by atoms with Crippen LogP contribution in [0.15, 0.2) is 48.5 Å². The number of carbonyl (C=O) groups excluding carboxylic acids is 1. The highest BCUT2D eigenvalue weighted by atomic mass is 16.6. The molecule has 3 rings (SSSR count). The van der Waals surface area contributed by atoms with Gasteiger partial charge in [-0.2, -0.15) is 0 Å². The van der Waals surface area contributed by atoms with E-state index in [9.17, 15) is 19.8 Å². The molecule has 2 atom stereocenters. The van der Waals surface area contributed by atoms with Crippen LogP contribution in [0.4, 0.5) is 4.79 Å². The maximum absolute atomic E-state index is 12.4. The van der Waals surface area contributed by atoms with Crippen LogP contribution in [-0.2, 0) is 14.3 Å². The summed E-state index contributed by atoms with van der Waals surface area (Å²) in [4.78, 5) is 24.0. The van der Waals surface area contributed by atoms with Crippen molar-refractivity contribution in [2.75, 3.05) is 6.61 Å². The quantitative estimate of drug-likeness (QED) is 0.314. The smallest absolute Gasteiger partial charge is 0.407 e. The summed E-state index contributed by atoms with van der Waals surface area (Å²) in [5.41, 5.74) is 4.05. The number of aliphatic hydroxyl groups is 1. The average Bonchev–Trinajstić information content (AvgIpc) is 3.09. The van der Waals surface area contributed by atoms with Crippen LogP contribution in [0.25, 0.3) is 11.1 Å². The maximum atomic E-state index is 12.4. The normalized spacial score (nSPS) is 14.7. The van der Waals surface area contributed by atoms with E-state index in [0.29, 0.717) is 19.3 Å². The second-order valence-electron chi connectivity index (χ2n) is 9.68. The van der Waals surface area contributed by atoms with E-state index in [-0.39, 0.29) is 18.9 Å². The molecule has 1 aliphatic carbocycles. The van der Waals surface area contributed by atoms with Crippen LogP contribution in [0.2, 0.25) is 0 Å². The molecular weight excluding hydrogens is 434 g/mol. The Balaban J connectivity index is 1.45. The summed E-state index contributed by atoms with van der Waals surface area (Å²) in [5, 5.41) is 21.9. The summed E-state index contributed by atoms with van der Waals surface area (Å²) >= 11 is 0. The van der Waals surface area contributed by atoms with Gasteiger partial charge in [-0.1, -0.05) is 61.4 Å². The van der Waals surface area contributed by atoms with Gasteiger partial charge in [-0.25, -0.2) is 9.59 Å². The lowest BCUT2D eigenvalue weighted by molar-refractivity contribution is -0.168. The fourth-order valence-electron chi connectivity index (χ4n) is 4.35. The van der Waals surface area contributed by atoms with Crippen LogP contribution in [0.5, 0.6) is 0 Å². The van der Waals surface area contributed by atoms with Gasteiger partial charge < -0.3 is 25.0 Å². The number of aliphatic hydroxyl groups excluding tert-OH is 1. The van der Waals surface area contributed by atoms with E-state index in [2.05, 4.69) is 17.4 Å². The van der Waals surface area contributed by atoms with Crippen molar-refractivity contribution in [3.63, 3.8) is 0 Å². The standard InChI is InChI=1S/C27H35NO6/c1-27(2,3)34-24(29)16-6-4-5-15-23(25(30)31)28-26(32)33-17-22-20-13-9-7-11-18(20)19-12-8-10-14-21(19)22/h7-14,22-24,29H,4-6,15-17H2,1-3H3,(H,28,32)(H,30,31)/t23-,24-/m0/s1. The van der Waals surface area contributed by atoms with Crippen molar-refractivity contribution in [1.82, 2.24) is 5.32 Å². The zero-order valence-electron chi connectivity index (χ0n) is 20.1. The molecule has 0 heterocycles. The maximum Gasteiger partial charge on any atom is 0.407 e. The van der Waals surface area contributed by atoms with Gasteiger partial charge in [0.25, 0.3) is 0 Å². The highest BCUT2D eigenvalue weighted by Gasteiger charge is 2.29. The van der Waals surface area contributed by atoms with E-state index >= 15 is 0 Å². The topological polar surface area (TPSA) is 105 Å². The van der Waals surface area contributed by atoms with Gasteiger partial charge in [-0.3, -0.25) is 0 Å². The van der Waals surface area contributed by atoms with Crippen molar-refractivity contribution >= 4 is 12.1 Å². The van der Waals surface area contributed by atoms with Crippen molar-refractivity contribution in [3.8, 4) is 11.1 Å². The molecule has 2 aromatic rings. The molecule has 0 saturated carbocycles. The van der Waals surface area contributed by atoms with Crippen LogP contribution in [0, 0.1) is 0 Å². The number of nitrogens with one attached hydrogen (secondary N) is 1. The van der Waals surface area contributed by atoms with Crippen LogP contribution in [0.3, 0.4) is 0 Å². The van der Waals surface area contributed by atoms with Gasteiger partial charge in [0.15, 0.2) is 6.29 Å². The average molecular weight is 470 g/mol. The van der Waals surface area contributed by atoms with E-state index in [1.807, 2.05) is 57.2 Å². The monoisotopic (exact) mass is 469 g/mol. The van der Waals surface area contributed by atoms with Crippen molar-refractivity contribution < 1.29 is 29.3 Å². The van der Waals surface area contributed by atoms with Crippen LogP contribution < -0.4 is 5.32 Å². The molecule has 0 radical (unpaired) electrons. The van der Waals surface area contributed by atoms with E-state index in [0.717, 1.165) is 28.7 Å². The van der Waals surface area contributed by atoms with Crippen molar-refractivity contribution in [2.24, 2.45) is 0 Å². The highest BCUT2D eigenvalue weighted by molar-refractivity contribution is 5.81. The molecule has 0 fully saturated rings. The Hall–Kier alpha value is -2.90. The molecule has 0 spiro atoms. The summed E-state index contributed by atoms with van der Waals surface area (Å²) in [6.07, 6.45) is 1.22. The zero-order chi connectivity index (χ0) is 24.7. The van der Waals surface area contributed by atoms with Crippen LogP contribution in [-0.4, -0.2) is 46.8 Å². The number of carboxylic acids is 1. The minimum atomic E-state index is -1.09. The summed E-state index contributed by atoms with van der Waals surface area (Å²) in [5.74, 6) is -1.17. The fourth-order valence-corrected chi connectivity index (χ4v) is 4.35. The third-order valence-corrected chi connectivity index (χ3v) is 5.87. The molecule has 0 aliphatic heterocycles. The Labute approximate surface area is 201 Å². The predicted molar refractivity (Wildman–Crippen MR) is 130 cm³/mol. The Morgan fingerprint density at radius 1 is 0.941 bits per heavy atom. The molecule has 0 saturated heterocycles. The SMILES string of the molecule is CC(C)(C)O[C@H](O)CCCCC[C@H](NC(=O)OCC1c2ccccc2-c2ccccc21)C(=O)O. The zero-order valence-corrected chi connectivity index (χ0v) is 20.1. The molecule has 3 N–H and O–H groups in total. The number of carboxylic acid groups (broad SMARTS) is 1. The van der Waals surface area contributed by atoms with E-state index in [1.165, 1.54) is 0 Å². The first-order chi connectivity index (χ1) is 16.2. The van der Waals surface area contributed by atoms with Crippen LogP contribution in [0.1, 0.15) is 69.9 Å². The van der Waals surface area contributed by atoms with Gasteiger partial charge in [-0.15, -0.1) is 0 Å². The number of ether oxygens (including phenoxy) is 2. The number of rotatable bonds is 11. The molecule has 34 heavy (non-hydrogen) atoms. The lowest BCUT2D eigenvalue weighted by Crippen LogP contribution is -2.41. The van der Waals surface area contributed by atoms with Gasteiger partial charge in [0.1, 0.15) is 12.6 Å². The number of aliphatic carboxylic acids is 1. The molecular formula is C27H35NO6. The lowest BCUT2D eigenvalue weighted by Gasteiger charge is -2.24. The molecule has 7 heteroatoms. The summed E-state index contributed by atoms with van der Waals surface area (Å²) in [7, 11) is 0. The molecule has 184 valence electrons. The first-order valence-electron chi connectivity index (χ1n) is 11.9. The van der Waals surface area contributed by atoms with Crippen molar-refractivity contribution in [2.45, 2.75) is 76.7 Å². The number of fused-ring (bicyclic) bond motifs is 3. The Bertz CT molecular complexity index is 938. The van der Waals surface area contributed by atoms with E-state index in [4.69, 9.17) is 9.47 Å². The number of carbonyl (C=O) groups is 2. The lowest BCUT2D eigenvalue weighted by atomic mass is 9.98. The number of amides is 1. The molecule has 7 nitrogen and oxygen atoms in total. The predicted octanol–water partition coefficient (Wildman–Crippen LogP) is 5.06. The molecule has 0 aromatic heterocycles. The van der Waals surface area contributed by atoms with Gasteiger partial charge in [0.05, 0.1) is 5.60 Å². The number of hydrogen-bond acceptors (Lipinski definition) is 5. The Morgan fingerprint density at radius 3 is 2.06 bits per heavy atom. The van der Waals surface area contributed by atoms with Gasteiger partial charge in [0, 0.05) is 5.92 Å². The molecule has 1 aliphatic rings. The first kappa shape index (κ1) is 25.7. The Kier molecular flexibility index (Phi) is 8.69.